The highest BCUT2D eigenvalue weighted by molar-refractivity contribution is 6.07. The fourth-order valence-corrected chi connectivity index (χ4v) is 2.49. The number of nitrogens with two attached hydrogens (primary N) is 1. The summed E-state index contributed by atoms with van der Waals surface area (Å²) in [7, 11) is 0. The molecule has 0 aromatic heterocycles. The van der Waals surface area contributed by atoms with Crippen LogP contribution in [0.15, 0.2) is 60.7 Å². The van der Waals surface area contributed by atoms with Gasteiger partial charge in [-0.3, -0.25) is 4.79 Å². The quantitative estimate of drug-likeness (QED) is 0.474. The van der Waals surface area contributed by atoms with Crippen LogP contribution in [0.4, 0.5) is 11.4 Å². The van der Waals surface area contributed by atoms with Gasteiger partial charge in [-0.2, -0.15) is 0 Å². The average molecular weight is 348 g/mol. The van der Waals surface area contributed by atoms with E-state index in [0.717, 1.165) is 16.9 Å². The maximum Gasteiger partial charge on any atom is 0.259 e. The van der Waals surface area contributed by atoms with Crippen LogP contribution in [0.1, 0.15) is 21.5 Å². The van der Waals surface area contributed by atoms with E-state index >= 15 is 0 Å². The molecule has 3 aromatic carbocycles. The van der Waals surface area contributed by atoms with E-state index < -0.39 is 5.91 Å². The summed E-state index contributed by atoms with van der Waals surface area (Å²) in [5.74, 6) is 0.813. The second kappa shape index (κ2) is 7.19. The second-order valence-corrected chi connectivity index (χ2v) is 6.09. The van der Waals surface area contributed by atoms with Gasteiger partial charge in [-0.25, -0.2) is 0 Å². The van der Waals surface area contributed by atoms with E-state index in [4.69, 9.17) is 10.5 Å². The number of nitrogen functional groups attached to an aromatic ring is 1. The number of phenols is 1. The summed E-state index contributed by atoms with van der Waals surface area (Å²) in [4.78, 5) is 12.3. The monoisotopic (exact) mass is 348 g/mol. The zero-order chi connectivity index (χ0) is 18.7. The minimum atomic E-state index is -0.432. The number of phenolic OH excluding ortho intramolecular Hbond substituents is 1. The van der Waals surface area contributed by atoms with E-state index in [9.17, 15) is 9.90 Å². The van der Waals surface area contributed by atoms with Crippen molar-refractivity contribution in [3.8, 4) is 17.2 Å². The van der Waals surface area contributed by atoms with Crippen LogP contribution in [0.3, 0.4) is 0 Å². The SMILES string of the molecule is Cc1ccc(C)c(Oc2ccc(NC(=O)c3cccc(N)c3O)cc2)c1. The van der Waals surface area contributed by atoms with Crippen LogP contribution in [0.2, 0.25) is 0 Å². The van der Waals surface area contributed by atoms with Crippen LogP contribution >= 0.6 is 0 Å². The summed E-state index contributed by atoms with van der Waals surface area (Å²) >= 11 is 0. The van der Waals surface area contributed by atoms with Crippen molar-refractivity contribution in [2.75, 3.05) is 11.1 Å². The van der Waals surface area contributed by atoms with Crippen molar-refractivity contribution >= 4 is 17.3 Å². The number of para-hydroxylation sites is 1. The Bertz CT molecular complexity index is 950. The molecule has 3 aromatic rings. The molecule has 0 unspecified atom stereocenters. The molecule has 0 fully saturated rings. The molecule has 0 aliphatic rings. The summed E-state index contributed by atoms with van der Waals surface area (Å²) in [6.07, 6.45) is 0. The standard InChI is InChI=1S/C21H20N2O3/c1-13-6-7-14(2)19(12-13)26-16-10-8-15(9-11-16)23-21(25)17-4-3-5-18(22)20(17)24/h3-12,24H,22H2,1-2H3,(H,23,25). The minimum Gasteiger partial charge on any atom is -0.505 e. The van der Waals surface area contributed by atoms with Crippen molar-refractivity contribution in [3.05, 3.63) is 77.4 Å². The molecule has 0 bridgehead atoms. The number of carbonyl (C=O) groups is 1. The summed E-state index contributed by atoms with van der Waals surface area (Å²) in [5, 5.41) is 12.6. The molecule has 0 aliphatic heterocycles. The number of aromatic hydroxyl groups is 1. The van der Waals surface area contributed by atoms with Gasteiger partial charge >= 0.3 is 0 Å². The van der Waals surface area contributed by atoms with Gasteiger partial charge in [-0.05, 0) is 67.4 Å². The number of aryl methyl sites for hydroxylation is 2. The number of hydrogen-bond acceptors (Lipinski definition) is 4. The molecular formula is C21H20N2O3. The lowest BCUT2D eigenvalue weighted by atomic mass is 10.1. The van der Waals surface area contributed by atoms with Crippen LogP contribution in [0, 0.1) is 13.8 Å². The van der Waals surface area contributed by atoms with E-state index in [2.05, 4.69) is 5.32 Å². The van der Waals surface area contributed by atoms with E-state index in [0.29, 0.717) is 11.4 Å². The lowest BCUT2D eigenvalue weighted by Gasteiger charge is -2.11. The first kappa shape index (κ1) is 17.4. The number of amides is 1. The Hall–Kier alpha value is -3.47. The van der Waals surface area contributed by atoms with Gasteiger partial charge in [0.25, 0.3) is 5.91 Å². The molecule has 0 saturated heterocycles. The zero-order valence-electron chi connectivity index (χ0n) is 14.6. The third-order valence-corrected chi connectivity index (χ3v) is 4.00. The van der Waals surface area contributed by atoms with Gasteiger partial charge in [0, 0.05) is 5.69 Å². The molecule has 0 radical (unpaired) electrons. The molecule has 0 atom stereocenters. The first-order chi connectivity index (χ1) is 12.4. The smallest absolute Gasteiger partial charge is 0.259 e. The van der Waals surface area contributed by atoms with Crippen molar-refractivity contribution in [2.45, 2.75) is 13.8 Å². The van der Waals surface area contributed by atoms with Crippen LogP contribution < -0.4 is 15.8 Å². The van der Waals surface area contributed by atoms with Gasteiger partial charge in [-0.15, -0.1) is 0 Å². The fourth-order valence-electron chi connectivity index (χ4n) is 2.49. The number of rotatable bonds is 4. The molecule has 3 rings (SSSR count). The topological polar surface area (TPSA) is 84.6 Å². The molecule has 1 amide bonds. The summed E-state index contributed by atoms with van der Waals surface area (Å²) < 4.78 is 5.90. The molecule has 4 N–H and O–H groups in total. The Morgan fingerprint density at radius 1 is 1.04 bits per heavy atom. The summed E-state index contributed by atoms with van der Waals surface area (Å²) in [5.41, 5.74) is 8.67. The lowest BCUT2D eigenvalue weighted by molar-refractivity contribution is 0.102. The van der Waals surface area contributed by atoms with Crippen molar-refractivity contribution in [3.63, 3.8) is 0 Å². The van der Waals surface area contributed by atoms with Crippen molar-refractivity contribution in [2.24, 2.45) is 0 Å². The van der Waals surface area contributed by atoms with Crippen LogP contribution in [-0.4, -0.2) is 11.0 Å². The second-order valence-electron chi connectivity index (χ2n) is 6.09. The number of ether oxygens (including phenoxy) is 1. The van der Waals surface area contributed by atoms with E-state index in [1.165, 1.54) is 12.1 Å². The van der Waals surface area contributed by atoms with E-state index in [-0.39, 0.29) is 17.0 Å². The number of carbonyl (C=O) groups excluding carboxylic acids is 1. The van der Waals surface area contributed by atoms with Crippen molar-refractivity contribution in [1.29, 1.82) is 0 Å². The summed E-state index contributed by atoms with van der Waals surface area (Å²) in [6.45, 7) is 4.00. The number of anilines is 2. The summed E-state index contributed by atoms with van der Waals surface area (Å²) in [6, 6.07) is 17.7. The van der Waals surface area contributed by atoms with E-state index in [1.54, 1.807) is 30.3 Å². The van der Waals surface area contributed by atoms with Crippen molar-refractivity contribution in [1.82, 2.24) is 0 Å². The van der Waals surface area contributed by atoms with Gasteiger partial charge in [0.15, 0.2) is 5.75 Å². The molecule has 26 heavy (non-hydrogen) atoms. The zero-order valence-corrected chi connectivity index (χ0v) is 14.6. The molecule has 132 valence electrons. The molecule has 5 heteroatoms. The van der Waals surface area contributed by atoms with Crippen LogP contribution in [-0.2, 0) is 0 Å². The Balaban J connectivity index is 1.72. The van der Waals surface area contributed by atoms with E-state index in [1.807, 2.05) is 32.0 Å². The largest absolute Gasteiger partial charge is 0.505 e. The maximum absolute atomic E-state index is 12.3. The van der Waals surface area contributed by atoms with Gasteiger partial charge in [0.2, 0.25) is 0 Å². The Morgan fingerprint density at radius 3 is 2.50 bits per heavy atom. The first-order valence-electron chi connectivity index (χ1n) is 8.18. The molecule has 0 aliphatic carbocycles. The minimum absolute atomic E-state index is 0.126. The van der Waals surface area contributed by atoms with Gasteiger partial charge in [0.1, 0.15) is 11.5 Å². The maximum atomic E-state index is 12.3. The van der Waals surface area contributed by atoms with Gasteiger partial charge in [0.05, 0.1) is 11.3 Å². The number of hydrogen-bond donors (Lipinski definition) is 3. The Morgan fingerprint density at radius 2 is 1.77 bits per heavy atom. The van der Waals surface area contributed by atoms with Gasteiger partial charge in [-0.1, -0.05) is 18.2 Å². The number of benzene rings is 3. The third kappa shape index (κ3) is 3.78. The third-order valence-electron chi connectivity index (χ3n) is 4.00. The Labute approximate surface area is 152 Å². The lowest BCUT2D eigenvalue weighted by Crippen LogP contribution is -2.12. The highest BCUT2D eigenvalue weighted by Crippen LogP contribution is 2.28. The van der Waals surface area contributed by atoms with Crippen molar-refractivity contribution < 1.29 is 14.6 Å². The van der Waals surface area contributed by atoms with Crippen LogP contribution in [0.5, 0.6) is 17.2 Å². The normalized spacial score (nSPS) is 10.4. The highest BCUT2D eigenvalue weighted by Gasteiger charge is 2.13. The molecule has 0 heterocycles. The molecule has 5 nitrogen and oxygen atoms in total. The highest BCUT2D eigenvalue weighted by atomic mass is 16.5. The Kier molecular flexibility index (Phi) is 4.80. The predicted octanol–water partition coefficient (Wildman–Crippen LogP) is 4.64. The molecular weight excluding hydrogens is 328 g/mol. The van der Waals surface area contributed by atoms with Gasteiger partial charge < -0.3 is 20.9 Å². The first-order valence-corrected chi connectivity index (χ1v) is 8.18. The predicted molar refractivity (Wildman–Crippen MR) is 103 cm³/mol. The molecule has 0 saturated carbocycles. The van der Waals surface area contributed by atoms with Crippen LogP contribution in [0.25, 0.3) is 0 Å². The number of nitrogens with one attached hydrogen (secondary N) is 1. The average Bonchev–Trinajstić information content (AvgIpc) is 2.62. The fraction of sp³-hybridized carbons (Fsp3) is 0.0952. The molecule has 0 spiro atoms.